The van der Waals surface area contributed by atoms with Gasteiger partial charge < -0.3 is 57.4 Å². The molecule has 2 heterocycles. The van der Waals surface area contributed by atoms with Crippen LogP contribution in [0, 0.1) is 13.8 Å². The molecule has 0 radical (unpaired) electrons. The van der Waals surface area contributed by atoms with Crippen molar-refractivity contribution >= 4 is 34.6 Å². The topological polar surface area (TPSA) is 60.4 Å². The van der Waals surface area contributed by atoms with Gasteiger partial charge in [-0.25, -0.2) is 0 Å². The van der Waals surface area contributed by atoms with Crippen LogP contribution in [0.1, 0.15) is 266 Å². The van der Waals surface area contributed by atoms with Gasteiger partial charge in [-0.3, -0.25) is 9.59 Å². The summed E-state index contributed by atoms with van der Waals surface area (Å²) in [6.45, 7) is 12.1. The Bertz CT molecular complexity index is 1250. The van der Waals surface area contributed by atoms with Crippen molar-refractivity contribution in [2.75, 3.05) is 13.2 Å². The van der Waals surface area contributed by atoms with E-state index in [1.165, 1.54) is 201 Å². The lowest BCUT2D eigenvalue weighted by Crippen LogP contribution is -3.00. The number of nitrogens with zero attached hydrogens (tertiary/aromatic N) is 2. The number of rotatable bonds is 45. The van der Waals surface area contributed by atoms with Gasteiger partial charge >= 0.3 is 11.9 Å². The van der Waals surface area contributed by atoms with Crippen LogP contribution in [0.25, 0.3) is 0 Å². The Morgan fingerprint density at radius 3 is 0.938 bits per heavy atom. The Labute approximate surface area is 437 Å². The quantitative estimate of drug-likeness (QED) is 0.0287. The summed E-state index contributed by atoms with van der Waals surface area (Å²) in [6, 6.07) is 0. The molecule has 2 rings (SSSR count). The monoisotopic (exact) mass is 1160 g/mol. The molecule has 0 unspecified atom stereocenters. The van der Waals surface area contributed by atoms with Crippen LogP contribution in [-0.2, 0) is 45.0 Å². The molecule has 0 aromatic carbocycles. The molecular weight excluding hydrogens is 1060 g/mol. The first-order chi connectivity index (χ1) is 30.5. The molecule has 0 aliphatic heterocycles. The standard InChI is InChI=1S/C54H98N2O4S2.2HI/c1-5-7-9-11-13-15-17-19-21-23-25-29-33-37-43-55-47-61-51(49(55)3)41-45-59-53(57)39-35-31-27-28-32-36-40-54(58)60-46-42-52-50(4)56(48-62-52)44-38-34-30-26-24-22-20-18-16-14-12-10-8-6-2;;/h47-48H,5-46H2,1-4H3;2*1H/q+2;;/p-2. The van der Waals surface area contributed by atoms with E-state index in [9.17, 15) is 9.59 Å². The number of aromatic nitrogens is 2. The molecule has 0 bridgehead atoms. The predicted octanol–water partition coefficient (Wildman–Crippen LogP) is 9.96. The van der Waals surface area contributed by atoms with Crippen LogP contribution in [0.15, 0.2) is 11.0 Å². The highest BCUT2D eigenvalue weighted by atomic mass is 127. The van der Waals surface area contributed by atoms with E-state index in [2.05, 4.69) is 47.9 Å². The number of carbonyl (C=O) groups excluding carboxylic acids is 2. The van der Waals surface area contributed by atoms with Crippen molar-refractivity contribution in [3.05, 3.63) is 32.2 Å². The maximum absolute atomic E-state index is 12.3. The van der Waals surface area contributed by atoms with Crippen molar-refractivity contribution in [3.8, 4) is 0 Å². The Morgan fingerprint density at radius 1 is 0.406 bits per heavy atom. The second kappa shape index (κ2) is 46.4. The fraction of sp³-hybridized carbons (Fsp3) is 0.852. The third-order valence-corrected chi connectivity index (χ3v) is 15.3. The molecule has 2 aromatic rings. The molecule has 10 heteroatoms. The molecule has 0 atom stereocenters. The Hall–Kier alpha value is -0.340. The van der Waals surface area contributed by atoms with Gasteiger partial charge in [0.1, 0.15) is 13.1 Å². The Morgan fingerprint density at radius 2 is 0.656 bits per heavy atom. The number of esters is 2. The molecular formula is C54H98I2N2O4S2. The highest BCUT2D eigenvalue weighted by Gasteiger charge is 2.17. The van der Waals surface area contributed by atoms with Crippen molar-refractivity contribution in [1.29, 1.82) is 0 Å². The Kier molecular flexibility index (Phi) is 46.1. The number of ether oxygens (including phenoxy) is 2. The number of unbranched alkanes of at least 4 members (excludes halogenated alkanes) is 31. The highest BCUT2D eigenvalue weighted by Crippen LogP contribution is 2.18. The zero-order chi connectivity index (χ0) is 44.6. The van der Waals surface area contributed by atoms with Crippen molar-refractivity contribution < 1.29 is 76.2 Å². The van der Waals surface area contributed by atoms with Crippen molar-refractivity contribution in [2.45, 2.75) is 285 Å². The smallest absolute Gasteiger partial charge is 0.305 e. The number of hydrogen-bond acceptors (Lipinski definition) is 6. The van der Waals surface area contributed by atoms with E-state index >= 15 is 0 Å². The zero-order valence-electron chi connectivity index (χ0n) is 42.0. The molecule has 0 saturated heterocycles. The summed E-state index contributed by atoms with van der Waals surface area (Å²) >= 11 is 3.60. The minimum absolute atomic E-state index is 0. The van der Waals surface area contributed by atoms with E-state index in [0.29, 0.717) is 26.1 Å². The van der Waals surface area contributed by atoms with E-state index in [0.717, 1.165) is 64.5 Å². The zero-order valence-corrected chi connectivity index (χ0v) is 47.9. The fourth-order valence-corrected chi connectivity index (χ4v) is 10.7. The van der Waals surface area contributed by atoms with Crippen LogP contribution in [0.5, 0.6) is 0 Å². The molecule has 2 aromatic heterocycles. The largest absolute Gasteiger partial charge is 1.00 e. The van der Waals surface area contributed by atoms with Crippen molar-refractivity contribution in [2.24, 2.45) is 0 Å². The summed E-state index contributed by atoms with van der Waals surface area (Å²) in [5.74, 6) is -0.148. The predicted molar refractivity (Wildman–Crippen MR) is 265 cm³/mol. The van der Waals surface area contributed by atoms with Crippen LogP contribution in [0.3, 0.4) is 0 Å². The number of halogens is 2. The number of hydrogen-bond donors (Lipinski definition) is 0. The van der Waals surface area contributed by atoms with Gasteiger partial charge in [-0.2, -0.15) is 9.13 Å². The first kappa shape index (κ1) is 63.7. The number of carbonyl (C=O) groups is 2. The third-order valence-electron chi connectivity index (χ3n) is 13.0. The first-order valence-corrected chi connectivity index (χ1v) is 28.5. The molecule has 64 heavy (non-hydrogen) atoms. The van der Waals surface area contributed by atoms with Gasteiger partial charge in [0.15, 0.2) is 11.4 Å². The summed E-state index contributed by atoms with van der Waals surface area (Å²) in [5, 5.41) is 0. The van der Waals surface area contributed by atoms with Crippen LogP contribution in [0.4, 0.5) is 0 Å². The first-order valence-electron chi connectivity index (χ1n) is 26.7. The second-order valence-electron chi connectivity index (χ2n) is 18.6. The van der Waals surface area contributed by atoms with E-state index in [-0.39, 0.29) is 59.9 Å². The van der Waals surface area contributed by atoms with Crippen LogP contribution in [0.2, 0.25) is 0 Å². The SMILES string of the molecule is CCCCCCCCCCCCCCCC[n+]1csc(CCOC(=O)CCCCCCCCC(=O)OCCc2sc[n+](CCCCCCCCCCCCCCCC)c2C)c1C.[I-].[I-]. The maximum Gasteiger partial charge on any atom is 0.305 e. The van der Waals surface area contributed by atoms with Crippen LogP contribution < -0.4 is 57.1 Å². The van der Waals surface area contributed by atoms with Gasteiger partial charge in [-0.15, -0.1) is 0 Å². The lowest BCUT2D eigenvalue weighted by molar-refractivity contribution is -0.698. The van der Waals surface area contributed by atoms with Crippen molar-refractivity contribution in [1.82, 2.24) is 0 Å². The van der Waals surface area contributed by atoms with Crippen molar-refractivity contribution in [3.63, 3.8) is 0 Å². The van der Waals surface area contributed by atoms with Gasteiger partial charge in [0.25, 0.3) is 0 Å². The molecule has 0 amide bonds. The molecule has 6 nitrogen and oxygen atoms in total. The van der Waals surface area contributed by atoms with E-state index in [4.69, 9.17) is 9.47 Å². The summed E-state index contributed by atoms with van der Waals surface area (Å²) < 4.78 is 16.0. The molecule has 0 N–H and O–H groups in total. The average Bonchev–Trinajstić information content (AvgIpc) is 3.80. The van der Waals surface area contributed by atoms with E-state index < -0.39 is 0 Å². The second-order valence-corrected chi connectivity index (χ2v) is 20.5. The lowest BCUT2D eigenvalue weighted by atomic mass is 10.0. The molecule has 374 valence electrons. The van der Waals surface area contributed by atoms with Gasteiger partial charge in [-0.1, -0.05) is 216 Å². The normalized spacial score (nSPS) is 11.1. The van der Waals surface area contributed by atoms with Gasteiger partial charge in [0.05, 0.1) is 23.0 Å². The molecule has 0 aliphatic carbocycles. The summed E-state index contributed by atoms with van der Waals surface area (Å²) in [4.78, 5) is 27.4. The molecule has 0 saturated carbocycles. The van der Waals surface area contributed by atoms with Gasteiger partial charge in [0.2, 0.25) is 11.0 Å². The number of aryl methyl sites for hydroxylation is 2. The summed E-state index contributed by atoms with van der Waals surface area (Å²) in [5.41, 5.74) is 7.17. The van der Waals surface area contributed by atoms with Crippen LogP contribution >= 0.6 is 22.7 Å². The average molecular weight is 1160 g/mol. The van der Waals surface area contributed by atoms with Crippen LogP contribution in [-0.4, -0.2) is 25.2 Å². The number of thiazole rings is 2. The molecule has 0 fully saturated rings. The van der Waals surface area contributed by atoms with E-state index in [1.54, 1.807) is 22.7 Å². The highest BCUT2D eigenvalue weighted by molar-refractivity contribution is 7.09. The minimum Gasteiger partial charge on any atom is -1.00 e. The van der Waals surface area contributed by atoms with E-state index in [1.807, 2.05) is 0 Å². The maximum atomic E-state index is 12.3. The summed E-state index contributed by atoms with van der Waals surface area (Å²) in [7, 11) is 0. The van der Waals surface area contributed by atoms with Gasteiger partial charge in [0, 0.05) is 52.4 Å². The lowest BCUT2D eigenvalue weighted by Gasteiger charge is -2.05. The minimum atomic E-state index is -0.0742. The fourth-order valence-electron chi connectivity index (χ4n) is 8.68. The van der Waals surface area contributed by atoms with Gasteiger partial charge in [-0.05, 0) is 25.7 Å². The Balaban J connectivity index is 0.0000198. The molecule has 0 aliphatic rings. The third kappa shape index (κ3) is 34.9. The molecule has 0 spiro atoms. The summed E-state index contributed by atoms with van der Waals surface area (Å²) in [6.07, 6.45) is 47.6.